The fourth-order valence-electron chi connectivity index (χ4n) is 2.05. The summed E-state index contributed by atoms with van der Waals surface area (Å²) >= 11 is 1.77. The van der Waals surface area contributed by atoms with Gasteiger partial charge < -0.3 is 0 Å². The van der Waals surface area contributed by atoms with Gasteiger partial charge in [0, 0.05) is 24.4 Å². The molecule has 1 amide bonds. The van der Waals surface area contributed by atoms with Crippen molar-refractivity contribution in [2.24, 2.45) is 4.99 Å². The molecule has 0 aliphatic heterocycles. The molecule has 0 atom stereocenters. The lowest BCUT2D eigenvalue weighted by Crippen LogP contribution is -2.12. The van der Waals surface area contributed by atoms with Crippen LogP contribution in [0.5, 0.6) is 0 Å². The van der Waals surface area contributed by atoms with E-state index in [1.54, 1.807) is 0 Å². The fourth-order valence-corrected chi connectivity index (χ4v) is 3.33. The summed E-state index contributed by atoms with van der Waals surface area (Å²) in [6, 6.07) is 5.36. The van der Waals surface area contributed by atoms with E-state index >= 15 is 0 Å². The molecule has 152 valence electrons. The number of nitro groups is 3. The molecule has 3 rings (SSSR count). The number of carbonyl (C=O) groups excluding carboxylic acids is 1. The first-order chi connectivity index (χ1) is 14.2. The van der Waals surface area contributed by atoms with Crippen molar-refractivity contribution in [1.29, 1.82) is 0 Å². The van der Waals surface area contributed by atoms with Gasteiger partial charge in [-0.1, -0.05) is 22.7 Å². The quantitative estimate of drug-likeness (QED) is 0.319. The van der Waals surface area contributed by atoms with Crippen molar-refractivity contribution in [3.05, 3.63) is 71.1 Å². The first-order valence-electron chi connectivity index (χ1n) is 7.60. The molecule has 0 bridgehead atoms. The Bertz CT molecular complexity index is 1170. The lowest BCUT2D eigenvalue weighted by molar-refractivity contribution is -0.394. The molecule has 1 N–H and O–H groups in total. The molecule has 0 fully saturated rings. The van der Waals surface area contributed by atoms with E-state index in [9.17, 15) is 35.1 Å². The lowest BCUT2D eigenvalue weighted by Gasteiger charge is -2.01. The Morgan fingerprint density at radius 1 is 0.967 bits per heavy atom. The van der Waals surface area contributed by atoms with Gasteiger partial charge in [0.05, 0.1) is 31.3 Å². The molecule has 0 spiro atoms. The Hall–Kier alpha value is -4.18. The number of aromatic nitrogens is 2. The number of nitrogens with zero attached hydrogens (tertiary/aromatic N) is 6. The molecule has 2 heterocycles. The van der Waals surface area contributed by atoms with Crippen LogP contribution in [0.4, 0.5) is 26.6 Å². The SMILES string of the molecule is O=C(Nc1nnc(N=Cc2ccc([N+](=O)[O-])s2)s1)c1cc([N+](=O)[O-])cc([N+](=O)[O-])c1. The summed E-state index contributed by atoms with van der Waals surface area (Å²) in [6.45, 7) is 0. The number of hydrogen-bond donors (Lipinski definition) is 1. The van der Waals surface area contributed by atoms with Crippen LogP contribution >= 0.6 is 22.7 Å². The highest BCUT2D eigenvalue weighted by Gasteiger charge is 2.20. The van der Waals surface area contributed by atoms with E-state index < -0.39 is 32.1 Å². The van der Waals surface area contributed by atoms with Crippen LogP contribution < -0.4 is 5.32 Å². The van der Waals surface area contributed by atoms with Crippen molar-refractivity contribution < 1.29 is 19.6 Å². The van der Waals surface area contributed by atoms with Gasteiger partial charge in [-0.25, -0.2) is 4.99 Å². The second-order valence-corrected chi connectivity index (χ2v) is 7.34. The molecule has 0 aliphatic carbocycles. The van der Waals surface area contributed by atoms with Crippen LogP contribution in [0.3, 0.4) is 0 Å². The fraction of sp³-hybridized carbons (Fsp3) is 0. The first kappa shape index (κ1) is 20.6. The Morgan fingerprint density at radius 2 is 1.63 bits per heavy atom. The molecule has 30 heavy (non-hydrogen) atoms. The number of carbonyl (C=O) groups is 1. The molecular weight excluding hydrogens is 442 g/mol. The van der Waals surface area contributed by atoms with Crippen molar-refractivity contribution in [2.45, 2.75) is 0 Å². The predicted molar refractivity (Wildman–Crippen MR) is 106 cm³/mol. The van der Waals surface area contributed by atoms with Crippen molar-refractivity contribution >= 4 is 61.4 Å². The van der Waals surface area contributed by atoms with E-state index in [0.29, 0.717) is 4.88 Å². The summed E-state index contributed by atoms with van der Waals surface area (Å²) in [6.07, 6.45) is 1.34. The predicted octanol–water partition coefficient (Wildman–Crippen LogP) is 3.33. The van der Waals surface area contributed by atoms with E-state index in [4.69, 9.17) is 0 Å². The topological polar surface area (TPSA) is 197 Å². The van der Waals surface area contributed by atoms with Crippen LogP contribution in [0, 0.1) is 30.3 Å². The maximum Gasteiger partial charge on any atom is 0.324 e. The molecular formula is C14H7N7O7S2. The van der Waals surface area contributed by atoms with Crippen molar-refractivity contribution in [3.63, 3.8) is 0 Å². The zero-order valence-corrected chi connectivity index (χ0v) is 16.0. The van der Waals surface area contributed by atoms with Gasteiger partial charge in [-0.15, -0.1) is 10.2 Å². The molecule has 0 aliphatic rings. The van der Waals surface area contributed by atoms with Gasteiger partial charge in [-0.05, 0) is 6.07 Å². The third-order valence-electron chi connectivity index (χ3n) is 3.32. The minimum atomic E-state index is -0.859. The van der Waals surface area contributed by atoms with E-state index in [1.807, 2.05) is 0 Å². The third kappa shape index (κ3) is 4.80. The van der Waals surface area contributed by atoms with Crippen molar-refractivity contribution in [2.75, 3.05) is 5.32 Å². The monoisotopic (exact) mass is 449 g/mol. The molecule has 3 aromatic rings. The van der Waals surface area contributed by atoms with Gasteiger partial charge in [0.15, 0.2) is 0 Å². The maximum absolute atomic E-state index is 12.3. The Kier molecular flexibility index (Phi) is 5.79. The van der Waals surface area contributed by atoms with Crippen molar-refractivity contribution in [1.82, 2.24) is 10.2 Å². The Balaban J connectivity index is 1.74. The summed E-state index contributed by atoms with van der Waals surface area (Å²) in [4.78, 5) is 47.1. The number of amides is 1. The van der Waals surface area contributed by atoms with E-state index in [1.165, 1.54) is 18.3 Å². The van der Waals surface area contributed by atoms with Gasteiger partial charge in [-0.2, -0.15) is 0 Å². The second-order valence-electron chi connectivity index (χ2n) is 5.29. The highest BCUT2D eigenvalue weighted by molar-refractivity contribution is 7.19. The highest BCUT2D eigenvalue weighted by Crippen LogP contribution is 2.27. The normalized spacial score (nSPS) is 10.8. The summed E-state index contributed by atoms with van der Waals surface area (Å²) in [5.41, 5.74) is -1.52. The number of thiophene rings is 1. The van der Waals surface area contributed by atoms with Crippen LogP contribution in [-0.2, 0) is 0 Å². The zero-order chi connectivity index (χ0) is 21.8. The van der Waals surface area contributed by atoms with E-state index in [2.05, 4.69) is 20.5 Å². The largest absolute Gasteiger partial charge is 0.324 e. The number of nitro benzene ring substituents is 2. The van der Waals surface area contributed by atoms with Gasteiger partial charge in [0.2, 0.25) is 10.3 Å². The minimum Gasteiger partial charge on any atom is -0.296 e. The molecule has 0 unspecified atom stereocenters. The number of rotatable bonds is 7. The summed E-state index contributed by atoms with van der Waals surface area (Å²) in [5, 5.41) is 42.3. The smallest absolute Gasteiger partial charge is 0.296 e. The second kappa shape index (κ2) is 8.45. The van der Waals surface area contributed by atoms with E-state index in [-0.39, 0.29) is 20.8 Å². The highest BCUT2D eigenvalue weighted by atomic mass is 32.1. The summed E-state index contributed by atoms with van der Waals surface area (Å²) in [5.74, 6) is -0.859. The molecule has 0 radical (unpaired) electrons. The number of aliphatic imine (C=N–C) groups is 1. The van der Waals surface area contributed by atoms with Crippen LogP contribution in [0.25, 0.3) is 0 Å². The molecule has 1 aromatic carbocycles. The summed E-state index contributed by atoms with van der Waals surface area (Å²) < 4.78 is 0. The molecule has 0 saturated carbocycles. The van der Waals surface area contributed by atoms with Crippen molar-refractivity contribution in [3.8, 4) is 0 Å². The Morgan fingerprint density at radius 3 is 2.20 bits per heavy atom. The first-order valence-corrected chi connectivity index (χ1v) is 9.23. The minimum absolute atomic E-state index is 0.00142. The number of hydrogen-bond acceptors (Lipinski definition) is 12. The van der Waals surface area contributed by atoms with Gasteiger partial charge in [-0.3, -0.25) is 40.5 Å². The van der Waals surface area contributed by atoms with E-state index in [0.717, 1.165) is 40.9 Å². The number of non-ortho nitro benzene ring substituents is 2. The molecule has 14 nitrogen and oxygen atoms in total. The molecule has 2 aromatic heterocycles. The average Bonchev–Trinajstić information content (AvgIpc) is 3.35. The van der Waals surface area contributed by atoms with Crippen LogP contribution in [0.1, 0.15) is 15.2 Å². The molecule has 16 heteroatoms. The van der Waals surface area contributed by atoms with Gasteiger partial charge >= 0.3 is 5.00 Å². The maximum atomic E-state index is 12.3. The van der Waals surface area contributed by atoms with Gasteiger partial charge in [0.1, 0.15) is 0 Å². The number of anilines is 1. The van der Waals surface area contributed by atoms with Gasteiger partial charge in [0.25, 0.3) is 17.3 Å². The average molecular weight is 449 g/mol. The standard InChI is InChI=1S/C14H7N7O7S2/c22-12(7-3-8(19(23)24)5-9(4-7)20(25)26)16-14-18-17-13(30-14)15-6-10-1-2-11(29-10)21(27)28/h1-6H,(H,16,18,22). The Labute approximate surface area is 173 Å². The van der Waals surface area contributed by atoms with Crippen LogP contribution in [0.15, 0.2) is 35.3 Å². The summed E-state index contributed by atoms with van der Waals surface area (Å²) in [7, 11) is 0. The lowest BCUT2D eigenvalue weighted by atomic mass is 10.1. The van der Waals surface area contributed by atoms with Crippen LogP contribution in [0.2, 0.25) is 0 Å². The third-order valence-corrected chi connectivity index (χ3v) is 5.03. The number of benzene rings is 1. The molecule has 0 saturated heterocycles. The van der Waals surface area contributed by atoms with Crippen LogP contribution in [-0.4, -0.2) is 37.1 Å². The number of nitrogens with one attached hydrogen (secondary N) is 1. The zero-order valence-electron chi connectivity index (χ0n) is 14.3.